The number of aryl methyl sites for hydroxylation is 1. The first-order valence-electron chi connectivity index (χ1n) is 7.43. The van der Waals surface area contributed by atoms with Crippen molar-refractivity contribution in [2.24, 2.45) is 0 Å². The van der Waals surface area contributed by atoms with Gasteiger partial charge in [0, 0.05) is 30.1 Å². The Morgan fingerprint density at radius 3 is 2.71 bits per heavy atom. The fraction of sp³-hybridized carbons (Fsp3) is 0.714. The van der Waals surface area contributed by atoms with Crippen LogP contribution in [0.2, 0.25) is 0 Å². The first-order chi connectivity index (χ1) is 9.93. The van der Waals surface area contributed by atoms with Crippen LogP contribution in [0, 0.1) is 2.88 Å². The Hall–Kier alpha value is 0.300. The predicted octanol–water partition coefficient (Wildman–Crippen LogP) is 2.74. The van der Waals surface area contributed by atoms with Gasteiger partial charge in [-0.25, -0.2) is 12.7 Å². The quantitative estimate of drug-likeness (QED) is 0.736. The van der Waals surface area contributed by atoms with E-state index < -0.39 is 10.0 Å². The molecular weight excluding hydrogens is 419 g/mol. The number of fused-ring (bicyclic) bond motifs is 1. The van der Waals surface area contributed by atoms with Gasteiger partial charge in [-0.1, -0.05) is 0 Å². The van der Waals surface area contributed by atoms with E-state index in [9.17, 15) is 8.42 Å². The fourth-order valence-corrected chi connectivity index (χ4v) is 6.33. The van der Waals surface area contributed by atoms with Crippen molar-refractivity contribution in [3.05, 3.63) is 19.4 Å². The molecule has 1 aromatic heterocycles. The summed E-state index contributed by atoms with van der Waals surface area (Å²) in [5.41, 5.74) is 1.49. The Bertz CT molecular complexity index is 606. The first-order valence-corrected chi connectivity index (χ1v) is 11.2. The second kappa shape index (κ2) is 6.43. The van der Waals surface area contributed by atoms with Crippen molar-refractivity contribution in [1.82, 2.24) is 9.62 Å². The Morgan fingerprint density at radius 2 is 2.05 bits per heavy atom. The van der Waals surface area contributed by atoms with Crippen molar-refractivity contribution in [3.63, 3.8) is 0 Å². The fourth-order valence-electron chi connectivity index (χ4n) is 3.33. The molecule has 1 unspecified atom stereocenters. The monoisotopic (exact) mass is 440 g/mol. The first kappa shape index (κ1) is 16.2. The zero-order valence-electron chi connectivity index (χ0n) is 12.1. The van der Waals surface area contributed by atoms with Gasteiger partial charge in [0.15, 0.2) is 0 Å². The standard InChI is InChI=1S/C14H21IN2O2S2/c1-21(18,19)17-7-5-10(6-8-17)16-12-3-2-4-13-11(12)9-14(15)20-13/h9-10,12,16H,2-8H2,1H3. The lowest BCUT2D eigenvalue weighted by atomic mass is 9.92. The zero-order chi connectivity index (χ0) is 15.0. The lowest BCUT2D eigenvalue weighted by molar-refractivity contribution is 0.267. The molecule has 0 saturated carbocycles. The lowest BCUT2D eigenvalue weighted by Crippen LogP contribution is -2.45. The number of thiophene rings is 1. The van der Waals surface area contributed by atoms with Crippen molar-refractivity contribution in [2.75, 3.05) is 19.3 Å². The SMILES string of the molecule is CS(=O)(=O)N1CCC(NC2CCCc3sc(I)cc32)CC1. The average Bonchev–Trinajstić information content (AvgIpc) is 2.80. The van der Waals surface area contributed by atoms with Crippen LogP contribution >= 0.6 is 33.9 Å². The molecule has 0 aromatic carbocycles. The number of hydrogen-bond donors (Lipinski definition) is 1. The van der Waals surface area contributed by atoms with Crippen LogP contribution in [0.4, 0.5) is 0 Å². The van der Waals surface area contributed by atoms with Gasteiger partial charge in [-0.2, -0.15) is 0 Å². The van der Waals surface area contributed by atoms with E-state index in [1.165, 1.54) is 38.8 Å². The van der Waals surface area contributed by atoms with Crippen LogP contribution in [-0.4, -0.2) is 38.1 Å². The lowest BCUT2D eigenvalue weighted by Gasteiger charge is -2.34. The minimum atomic E-state index is -3.02. The molecule has 1 saturated heterocycles. The molecule has 0 radical (unpaired) electrons. The Kier molecular flexibility index (Phi) is 4.95. The number of piperidine rings is 1. The third-order valence-corrected chi connectivity index (χ3v) is 7.72. The maximum Gasteiger partial charge on any atom is 0.211 e. The van der Waals surface area contributed by atoms with E-state index in [1.807, 2.05) is 11.3 Å². The number of sulfonamides is 1. The topological polar surface area (TPSA) is 49.4 Å². The van der Waals surface area contributed by atoms with Crippen LogP contribution in [0.25, 0.3) is 0 Å². The minimum Gasteiger partial charge on any atom is -0.307 e. The molecule has 1 aliphatic heterocycles. The van der Waals surface area contributed by atoms with E-state index in [1.54, 1.807) is 4.31 Å². The molecule has 1 fully saturated rings. The molecular formula is C14H21IN2O2S2. The maximum atomic E-state index is 11.6. The summed E-state index contributed by atoms with van der Waals surface area (Å²) >= 11 is 4.33. The number of rotatable bonds is 3. The summed E-state index contributed by atoms with van der Waals surface area (Å²) in [6.45, 7) is 1.30. The van der Waals surface area contributed by atoms with E-state index >= 15 is 0 Å². The molecule has 2 aliphatic rings. The summed E-state index contributed by atoms with van der Waals surface area (Å²) in [5, 5.41) is 3.78. The smallest absolute Gasteiger partial charge is 0.211 e. The van der Waals surface area contributed by atoms with Crippen molar-refractivity contribution in [3.8, 4) is 0 Å². The van der Waals surface area contributed by atoms with Gasteiger partial charge < -0.3 is 5.32 Å². The van der Waals surface area contributed by atoms with E-state index in [4.69, 9.17) is 0 Å². The molecule has 1 N–H and O–H groups in total. The van der Waals surface area contributed by atoms with Crippen LogP contribution in [-0.2, 0) is 16.4 Å². The van der Waals surface area contributed by atoms with E-state index in [-0.39, 0.29) is 0 Å². The maximum absolute atomic E-state index is 11.6. The van der Waals surface area contributed by atoms with E-state index in [0.29, 0.717) is 25.2 Å². The van der Waals surface area contributed by atoms with Crippen molar-refractivity contribution in [1.29, 1.82) is 0 Å². The summed E-state index contributed by atoms with van der Waals surface area (Å²) in [7, 11) is -3.02. The van der Waals surface area contributed by atoms with Crippen LogP contribution in [0.1, 0.15) is 42.2 Å². The molecule has 0 bridgehead atoms. The largest absolute Gasteiger partial charge is 0.307 e. The van der Waals surface area contributed by atoms with Gasteiger partial charge in [-0.05, 0) is 66.3 Å². The molecule has 21 heavy (non-hydrogen) atoms. The Labute approximate surface area is 144 Å². The molecule has 118 valence electrons. The second-order valence-corrected chi connectivity index (χ2v) is 11.0. The number of nitrogens with one attached hydrogen (secondary N) is 1. The highest BCUT2D eigenvalue weighted by molar-refractivity contribution is 14.1. The van der Waals surface area contributed by atoms with Crippen molar-refractivity contribution in [2.45, 2.75) is 44.2 Å². The van der Waals surface area contributed by atoms with Gasteiger partial charge in [0.25, 0.3) is 0 Å². The molecule has 1 aromatic rings. The normalized spacial score (nSPS) is 25.0. The second-order valence-electron chi connectivity index (χ2n) is 5.98. The summed E-state index contributed by atoms with van der Waals surface area (Å²) in [6.07, 6.45) is 6.81. The van der Waals surface area contributed by atoms with Gasteiger partial charge in [0.1, 0.15) is 0 Å². The Morgan fingerprint density at radius 1 is 1.33 bits per heavy atom. The van der Waals surface area contributed by atoms with Crippen LogP contribution < -0.4 is 5.32 Å². The highest BCUT2D eigenvalue weighted by atomic mass is 127. The highest BCUT2D eigenvalue weighted by Gasteiger charge is 2.29. The molecule has 1 atom stereocenters. The third kappa shape index (κ3) is 3.80. The zero-order valence-corrected chi connectivity index (χ0v) is 15.9. The summed E-state index contributed by atoms with van der Waals surface area (Å²) in [6, 6.07) is 3.23. The molecule has 7 heteroatoms. The number of nitrogens with zero attached hydrogens (tertiary/aromatic N) is 1. The van der Waals surface area contributed by atoms with Crippen LogP contribution in [0.3, 0.4) is 0 Å². The van der Waals surface area contributed by atoms with Gasteiger partial charge in [-0.15, -0.1) is 11.3 Å². The molecule has 4 nitrogen and oxygen atoms in total. The number of halogens is 1. The highest BCUT2D eigenvalue weighted by Crippen LogP contribution is 2.37. The van der Waals surface area contributed by atoms with Crippen molar-refractivity contribution >= 4 is 44.0 Å². The van der Waals surface area contributed by atoms with Crippen LogP contribution in [0.5, 0.6) is 0 Å². The van der Waals surface area contributed by atoms with Crippen LogP contribution in [0.15, 0.2) is 6.07 Å². The van der Waals surface area contributed by atoms with Crippen molar-refractivity contribution < 1.29 is 8.42 Å². The summed E-state index contributed by atoms with van der Waals surface area (Å²) < 4.78 is 26.1. The van der Waals surface area contributed by atoms with Gasteiger partial charge in [0.2, 0.25) is 10.0 Å². The molecule has 1 aliphatic carbocycles. The Balaban J connectivity index is 1.62. The predicted molar refractivity (Wildman–Crippen MR) is 95.3 cm³/mol. The average molecular weight is 440 g/mol. The van der Waals surface area contributed by atoms with E-state index in [0.717, 1.165) is 12.8 Å². The summed E-state index contributed by atoms with van der Waals surface area (Å²) in [5.74, 6) is 0. The third-order valence-electron chi connectivity index (χ3n) is 4.44. The molecule has 0 spiro atoms. The van der Waals surface area contributed by atoms with Gasteiger partial charge in [0.05, 0.1) is 9.14 Å². The molecule has 3 rings (SSSR count). The van der Waals surface area contributed by atoms with Gasteiger partial charge >= 0.3 is 0 Å². The van der Waals surface area contributed by atoms with Gasteiger partial charge in [-0.3, -0.25) is 0 Å². The number of hydrogen-bond acceptors (Lipinski definition) is 4. The van der Waals surface area contributed by atoms with E-state index in [2.05, 4.69) is 34.0 Å². The summed E-state index contributed by atoms with van der Waals surface area (Å²) in [4.78, 5) is 1.54. The molecule has 2 heterocycles. The minimum absolute atomic E-state index is 0.441. The molecule has 0 amide bonds.